The first-order valence-electron chi connectivity index (χ1n) is 19.7. The molecule has 0 saturated heterocycles. The first kappa shape index (κ1) is 53.4. The topological polar surface area (TPSA) is 36.9 Å². The van der Waals surface area contributed by atoms with Crippen molar-refractivity contribution in [3.63, 3.8) is 0 Å². The largest absolute Gasteiger partial charge is 0.506 e. The molecule has 0 aromatic carbocycles. The highest BCUT2D eigenvalue weighted by Gasteiger charge is 2.50. The van der Waals surface area contributed by atoms with Crippen molar-refractivity contribution in [2.45, 2.75) is 202 Å². The van der Waals surface area contributed by atoms with Crippen LogP contribution in [0.3, 0.4) is 0 Å². The highest BCUT2D eigenvalue weighted by atomic mass is 35.5. The number of rotatable bonds is 33. The van der Waals surface area contributed by atoms with E-state index in [1.165, 1.54) is 141 Å². The molecule has 0 radical (unpaired) electrons. The SMILES string of the molecule is CCC.CCCCCCCCCCCCCC(CO[N+](C)(C)CCCCCCCCCCCC)[Si](OCC)(OCC)OCC.Cl.Cl. The Balaban J connectivity index is -0.00000169. The smallest absolute Gasteiger partial charge is 0.374 e. The molecule has 284 valence electrons. The second kappa shape index (κ2) is 40.0. The molecule has 0 bridgehead atoms. The van der Waals surface area contributed by atoms with E-state index in [1.807, 2.05) is 0 Å². The van der Waals surface area contributed by atoms with Gasteiger partial charge in [0, 0.05) is 19.8 Å². The van der Waals surface area contributed by atoms with Crippen LogP contribution in [0.1, 0.15) is 196 Å². The normalized spacial score (nSPS) is 12.2. The Labute approximate surface area is 304 Å². The maximum atomic E-state index is 6.60. The Bertz CT molecular complexity index is 544. The van der Waals surface area contributed by atoms with Gasteiger partial charge in [0.05, 0.1) is 19.6 Å². The minimum Gasteiger partial charge on any atom is -0.374 e. The summed E-state index contributed by atoms with van der Waals surface area (Å²) in [5, 5.41) is 0. The average molecular weight is 720 g/mol. The fourth-order valence-corrected chi connectivity index (χ4v) is 8.84. The number of hydrogen-bond donors (Lipinski definition) is 0. The molecule has 1 atom stereocenters. The first-order chi connectivity index (χ1) is 21.3. The first-order valence-corrected chi connectivity index (χ1v) is 21.5. The van der Waals surface area contributed by atoms with E-state index in [-0.39, 0.29) is 30.4 Å². The van der Waals surface area contributed by atoms with Gasteiger partial charge in [0.25, 0.3) is 0 Å². The van der Waals surface area contributed by atoms with Crippen molar-refractivity contribution in [3.8, 4) is 0 Å². The Hall–Kier alpha value is 0.597. The van der Waals surface area contributed by atoms with E-state index in [4.69, 9.17) is 18.1 Å². The molecular weight excluding hydrogens is 633 g/mol. The lowest BCUT2D eigenvalue weighted by Gasteiger charge is -2.37. The van der Waals surface area contributed by atoms with E-state index in [2.05, 4.69) is 62.6 Å². The van der Waals surface area contributed by atoms with Gasteiger partial charge in [-0.15, -0.1) is 24.8 Å². The van der Waals surface area contributed by atoms with Crippen LogP contribution in [0.15, 0.2) is 0 Å². The van der Waals surface area contributed by atoms with E-state index in [0.717, 1.165) is 13.0 Å². The second-order valence-electron chi connectivity index (χ2n) is 13.4. The molecule has 0 aliphatic carbocycles. The molecule has 0 N–H and O–H groups in total. The van der Waals surface area contributed by atoms with Gasteiger partial charge in [-0.2, -0.15) is 4.65 Å². The van der Waals surface area contributed by atoms with Crippen LogP contribution >= 0.6 is 24.8 Å². The summed E-state index contributed by atoms with van der Waals surface area (Å²) in [5.74, 6) is 0. The molecule has 46 heavy (non-hydrogen) atoms. The molecule has 0 amide bonds. The quantitative estimate of drug-likeness (QED) is 0.0293. The second-order valence-corrected chi connectivity index (χ2v) is 16.3. The lowest BCUT2D eigenvalue weighted by atomic mass is 10.0. The molecule has 0 fully saturated rings. The molecule has 8 heteroatoms. The lowest BCUT2D eigenvalue weighted by molar-refractivity contribution is -1.08. The molecular formula is C38H86Cl2NO4Si+. The van der Waals surface area contributed by atoms with E-state index in [0.29, 0.717) is 31.1 Å². The van der Waals surface area contributed by atoms with Gasteiger partial charge in [0.1, 0.15) is 13.2 Å². The highest BCUT2D eigenvalue weighted by Crippen LogP contribution is 2.33. The lowest BCUT2D eigenvalue weighted by Crippen LogP contribution is -2.53. The minimum absolute atomic E-state index is 0. The Morgan fingerprint density at radius 3 is 1.09 bits per heavy atom. The number of hydroxylamine groups is 3. The van der Waals surface area contributed by atoms with Gasteiger partial charge >= 0.3 is 8.80 Å². The molecule has 0 aromatic heterocycles. The number of unbranched alkanes of at least 4 members (excludes halogenated alkanes) is 19. The highest BCUT2D eigenvalue weighted by molar-refractivity contribution is 6.62. The summed E-state index contributed by atoms with van der Waals surface area (Å²) in [7, 11) is 1.59. The minimum atomic E-state index is -2.82. The molecule has 0 heterocycles. The van der Waals surface area contributed by atoms with Gasteiger partial charge in [0.15, 0.2) is 0 Å². The van der Waals surface area contributed by atoms with Crippen molar-refractivity contribution in [1.82, 2.24) is 0 Å². The number of nitrogens with zero attached hydrogens (tertiary/aromatic N) is 1. The van der Waals surface area contributed by atoms with Crippen molar-refractivity contribution in [2.24, 2.45) is 0 Å². The van der Waals surface area contributed by atoms with Crippen molar-refractivity contribution in [3.05, 3.63) is 0 Å². The average Bonchev–Trinajstić information content (AvgIpc) is 2.99. The maximum absolute atomic E-state index is 6.60. The summed E-state index contributed by atoms with van der Waals surface area (Å²) in [6.07, 6.45) is 30.9. The third kappa shape index (κ3) is 33.1. The fraction of sp³-hybridized carbons (Fsp3) is 1.00. The predicted octanol–water partition coefficient (Wildman–Crippen LogP) is 13.3. The van der Waals surface area contributed by atoms with Crippen molar-refractivity contribution in [1.29, 1.82) is 0 Å². The van der Waals surface area contributed by atoms with Crippen molar-refractivity contribution in [2.75, 3.05) is 47.1 Å². The maximum Gasteiger partial charge on any atom is 0.506 e. The van der Waals surface area contributed by atoms with Crippen LogP contribution in [0.2, 0.25) is 5.54 Å². The van der Waals surface area contributed by atoms with E-state index in [9.17, 15) is 0 Å². The van der Waals surface area contributed by atoms with Crippen molar-refractivity contribution < 1.29 is 22.8 Å². The Kier molecular flexibility index (Phi) is 46.5. The Morgan fingerprint density at radius 2 is 0.761 bits per heavy atom. The third-order valence-corrected chi connectivity index (χ3v) is 11.9. The van der Waals surface area contributed by atoms with Gasteiger partial charge in [0.2, 0.25) is 0 Å². The summed E-state index contributed by atoms with van der Waals surface area (Å²) >= 11 is 0. The molecule has 5 nitrogen and oxygen atoms in total. The summed E-state index contributed by atoms with van der Waals surface area (Å²) in [6, 6.07) is 0. The van der Waals surface area contributed by atoms with Crippen LogP contribution in [0.4, 0.5) is 0 Å². The van der Waals surface area contributed by atoms with Gasteiger partial charge < -0.3 is 13.3 Å². The molecule has 0 aliphatic rings. The molecule has 1 unspecified atom stereocenters. The van der Waals surface area contributed by atoms with Crippen molar-refractivity contribution >= 4 is 33.6 Å². The van der Waals surface area contributed by atoms with Crippen LogP contribution in [0, 0.1) is 0 Å². The summed E-state index contributed by atoms with van der Waals surface area (Å²) in [5.41, 5.74) is 0.186. The summed E-state index contributed by atoms with van der Waals surface area (Å²) < 4.78 is 19.7. The van der Waals surface area contributed by atoms with Gasteiger partial charge in [-0.25, -0.2) is 4.84 Å². The van der Waals surface area contributed by atoms with Crippen LogP contribution in [-0.4, -0.2) is 60.5 Å². The van der Waals surface area contributed by atoms with Gasteiger partial charge in [-0.1, -0.05) is 156 Å². The van der Waals surface area contributed by atoms with Crippen LogP contribution < -0.4 is 0 Å². The van der Waals surface area contributed by atoms with Gasteiger partial charge in [-0.3, -0.25) is 0 Å². The number of hydrogen-bond acceptors (Lipinski definition) is 4. The zero-order valence-corrected chi connectivity index (χ0v) is 35.4. The zero-order valence-electron chi connectivity index (χ0n) is 32.8. The summed E-state index contributed by atoms with van der Waals surface area (Å²) in [4.78, 5) is 6.60. The van der Waals surface area contributed by atoms with E-state index in [1.54, 1.807) is 0 Å². The fourth-order valence-electron chi connectivity index (χ4n) is 5.84. The van der Waals surface area contributed by atoms with E-state index >= 15 is 0 Å². The standard InChI is InChI=1S/C35H76NO4Si.C3H8.2ClH/c1-8-13-15-17-19-21-23-24-26-28-30-32-35(41(38-10-3,39-11-4)40-12-5)34-37-36(6,7)33-31-29-27-25-22-20-18-16-14-9-2;1-3-2;;/h35H,8-34H2,1-7H3;3H2,1-2H3;2*1H/q+1;;;. The molecule has 0 spiro atoms. The van der Waals surface area contributed by atoms with Gasteiger partial charge in [-0.05, 0) is 40.0 Å². The van der Waals surface area contributed by atoms with Crippen LogP contribution in [0.5, 0.6) is 0 Å². The predicted molar refractivity (Wildman–Crippen MR) is 211 cm³/mol. The monoisotopic (exact) mass is 719 g/mol. The zero-order chi connectivity index (χ0) is 33.2. The molecule has 0 aliphatic heterocycles. The Morgan fingerprint density at radius 1 is 0.457 bits per heavy atom. The molecule has 0 rings (SSSR count). The van der Waals surface area contributed by atoms with E-state index < -0.39 is 8.80 Å². The molecule has 0 saturated carbocycles. The summed E-state index contributed by atoms with van der Waals surface area (Å²) in [6.45, 7) is 18.6. The number of halogens is 2. The van der Waals surface area contributed by atoms with Crippen LogP contribution in [0.25, 0.3) is 0 Å². The third-order valence-electron chi connectivity index (χ3n) is 8.37. The number of quaternary nitrogens is 1. The van der Waals surface area contributed by atoms with Crippen LogP contribution in [-0.2, 0) is 18.1 Å². The molecule has 0 aromatic rings.